The minimum Gasteiger partial charge on any atom is -0.480 e. The Morgan fingerprint density at radius 3 is 2.41 bits per heavy atom. The molecular formula is C11H15Br2NO3. The first kappa shape index (κ1) is 14.7. The minimum atomic E-state index is -0.843. The van der Waals surface area contributed by atoms with Crippen LogP contribution in [-0.4, -0.2) is 28.1 Å². The Morgan fingerprint density at radius 2 is 2.06 bits per heavy atom. The fourth-order valence-electron chi connectivity index (χ4n) is 1.35. The molecule has 1 heterocycles. The zero-order chi connectivity index (χ0) is 13.2. The van der Waals surface area contributed by atoms with E-state index in [0.717, 1.165) is 10.2 Å². The van der Waals surface area contributed by atoms with E-state index in [9.17, 15) is 4.79 Å². The molecule has 1 aromatic heterocycles. The highest BCUT2D eigenvalue weighted by Gasteiger charge is 2.25. The maximum atomic E-state index is 10.8. The number of aliphatic carboxylic acids is 1. The summed E-state index contributed by atoms with van der Waals surface area (Å²) < 4.78 is 6.91. The second-order valence-corrected chi connectivity index (χ2v) is 6.33. The molecule has 1 aromatic rings. The summed E-state index contributed by atoms with van der Waals surface area (Å²) in [5, 5.41) is 8.89. The highest BCUT2D eigenvalue weighted by Crippen LogP contribution is 2.28. The van der Waals surface area contributed by atoms with Gasteiger partial charge in [-0.15, -0.1) is 0 Å². The topological polar surface area (TPSA) is 53.7 Å². The maximum absolute atomic E-state index is 10.8. The average molecular weight is 369 g/mol. The van der Waals surface area contributed by atoms with Crippen molar-refractivity contribution in [3.05, 3.63) is 21.0 Å². The van der Waals surface area contributed by atoms with Crippen LogP contribution in [0.1, 0.15) is 26.5 Å². The van der Waals surface area contributed by atoms with Gasteiger partial charge in [-0.1, -0.05) is 0 Å². The predicted octanol–water partition coefficient (Wildman–Crippen LogP) is 3.49. The molecule has 6 heteroatoms. The average Bonchev–Trinajstić information content (AvgIpc) is 2.42. The van der Waals surface area contributed by atoms with Crippen molar-refractivity contribution in [2.24, 2.45) is 0 Å². The number of rotatable bonds is 4. The van der Waals surface area contributed by atoms with E-state index in [-0.39, 0.29) is 12.1 Å². The van der Waals surface area contributed by atoms with Crippen LogP contribution in [0.5, 0.6) is 0 Å². The van der Waals surface area contributed by atoms with Crippen LogP contribution in [0.15, 0.2) is 19.6 Å². The smallest absolute Gasteiger partial charge is 0.317 e. The maximum Gasteiger partial charge on any atom is 0.317 e. The van der Waals surface area contributed by atoms with E-state index >= 15 is 0 Å². The number of carbonyl (C=O) groups is 1. The molecule has 0 aromatic carbocycles. The van der Waals surface area contributed by atoms with Crippen molar-refractivity contribution in [3.8, 4) is 0 Å². The van der Waals surface area contributed by atoms with Crippen LogP contribution < -0.4 is 0 Å². The summed E-state index contributed by atoms with van der Waals surface area (Å²) in [6.07, 6.45) is 0. The van der Waals surface area contributed by atoms with E-state index < -0.39 is 5.97 Å². The molecule has 1 rings (SSSR count). The lowest BCUT2D eigenvalue weighted by molar-refractivity contribution is -0.140. The van der Waals surface area contributed by atoms with Gasteiger partial charge in [0.1, 0.15) is 5.76 Å². The van der Waals surface area contributed by atoms with Crippen LogP contribution in [0.25, 0.3) is 0 Å². The summed E-state index contributed by atoms with van der Waals surface area (Å²) in [5.74, 6) is -0.121. The minimum absolute atomic E-state index is 0.0144. The number of nitrogens with zero attached hydrogens (tertiary/aromatic N) is 1. The van der Waals surface area contributed by atoms with Crippen LogP contribution in [-0.2, 0) is 11.3 Å². The Hall–Kier alpha value is -0.330. The monoisotopic (exact) mass is 367 g/mol. The molecule has 0 aliphatic rings. The highest BCUT2D eigenvalue weighted by atomic mass is 79.9. The molecule has 0 spiro atoms. The van der Waals surface area contributed by atoms with Crippen molar-refractivity contribution in [1.29, 1.82) is 0 Å². The zero-order valence-electron chi connectivity index (χ0n) is 9.96. The first-order chi connectivity index (χ1) is 7.70. The summed E-state index contributed by atoms with van der Waals surface area (Å²) in [4.78, 5) is 12.7. The third-order valence-corrected chi connectivity index (χ3v) is 4.03. The van der Waals surface area contributed by atoms with Gasteiger partial charge in [0.2, 0.25) is 0 Å². The second kappa shape index (κ2) is 5.54. The molecule has 1 N–H and O–H groups in total. The molecular weight excluding hydrogens is 354 g/mol. The molecule has 0 radical (unpaired) electrons. The van der Waals surface area contributed by atoms with Crippen molar-refractivity contribution >= 4 is 37.8 Å². The summed E-state index contributed by atoms with van der Waals surface area (Å²) in [7, 11) is 0. The number of carboxylic acid groups (broad SMARTS) is 1. The van der Waals surface area contributed by atoms with Crippen molar-refractivity contribution in [2.45, 2.75) is 32.9 Å². The van der Waals surface area contributed by atoms with E-state index in [1.807, 2.05) is 31.7 Å². The van der Waals surface area contributed by atoms with Crippen LogP contribution in [0.3, 0.4) is 0 Å². The van der Waals surface area contributed by atoms with E-state index in [1.54, 1.807) is 0 Å². The molecule has 0 atom stereocenters. The standard InChI is InChI=1S/C11H15Br2NO3/c1-11(2,3)14(6-9(15)16)5-7-4-8(12)10(13)17-7/h4H,5-6H2,1-3H3,(H,15,16). The Bertz CT molecular complexity index is 390. The van der Waals surface area contributed by atoms with Gasteiger partial charge in [-0.25, -0.2) is 0 Å². The highest BCUT2D eigenvalue weighted by molar-refractivity contribution is 9.13. The van der Waals surface area contributed by atoms with Gasteiger partial charge in [0.05, 0.1) is 17.6 Å². The fourth-order valence-corrected chi connectivity index (χ4v) is 2.01. The van der Waals surface area contributed by atoms with Crippen LogP contribution in [0.2, 0.25) is 0 Å². The van der Waals surface area contributed by atoms with E-state index in [4.69, 9.17) is 9.52 Å². The Balaban J connectivity index is 2.82. The second-order valence-electron chi connectivity index (χ2n) is 4.75. The number of furan rings is 1. The van der Waals surface area contributed by atoms with E-state index in [1.165, 1.54) is 0 Å². The van der Waals surface area contributed by atoms with E-state index in [2.05, 4.69) is 31.9 Å². The molecule has 0 fully saturated rings. The largest absolute Gasteiger partial charge is 0.480 e. The lowest BCUT2D eigenvalue weighted by Gasteiger charge is -2.33. The predicted molar refractivity (Wildman–Crippen MR) is 71.9 cm³/mol. The third kappa shape index (κ3) is 4.44. The van der Waals surface area contributed by atoms with Crippen LogP contribution in [0.4, 0.5) is 0 Å². The summed E-state index contributed by atoms with van der Waals surface area (Å²) in [6, 6.07) is 1.84. The molecule has 0 saturated heterocycles. The zero-order valence-corrected chi connectivity index (χ0v) is 13.1. The Morgan fingerprint density at radius 1 is 1.47 bits per heavy atom. The summed E-state index contributed by atoms with van der Waals surface area (Å²) >= 11 is 6.59. The molecule has 0 unspecified atom stereocenters. The van der Waals surface area contributed by atoms with Gasteiger partial charge in [0.15, 0.2) is 4.67 Å². The van der Waals surface area contributed by atoms with Crippen molar-refractivity contribution in [2.75, 3.05) is 6.54 Å². The summed E-state index contributed by atoms with van der Waals surface area (Å²) in [6.45, 7) is 6.37. The first-order valence-corrected chi connectivity index (χ1v) is 6.69. The first-order valence-electron chi connectivity index (χ1n) is 5.10. The molecule has 0 saturated carbocycles. The van der Waals surface area contributed by atoms with Crippen molar-refractivity contribution in [3.63, 3.8) is 0 Å². The molecule has 0 bridgehead atoms. The van der Waals surface area contributed by atoms with Gasteiger partial charge in [-0.05, 0) is 58.7 Å². The van der Waals surface area contributed by atoms with Gasteiger partial charge >= 0.3 is 5.97 Å². The van der Waals surface area contributed by atoms with Gasteiger partial charge in [-0.2, -0.15) is 0 Å². The number of hydrogen-bond donors (Lipinski definition) is 1. The van der Waals surface area contributed by atoms with Crippen LogP contribution >= 0.6 is 31.9 Å². The van der Waals surface area contributed by atoms with Crippen molar-refractivity contribution < 1.29 is 14.3 Å². The number of carboxylic acids is 1. The third-order valence-electron chi connectivity index (χ3n) is 2.32. The Kier molecular flexibility index (Phi) is 4.80. The Labute approximate surface area is 117 Å². The molecule has 4 nitrogen and oxygen atoms in total. The van der Waals surface area contributed by atoms with Crippen LogP contribution in [0, 0.1) is 0 Å². The van der Waals surface area contributed by atoms with E-state index in [0.29, 0.717) is 11.2 Å². The van der Waals surface area contributed by atoms with Crippen molar-refractivity contribution in [1.82, 2.24) is 4.90 Å². The molecule has 0 aliphatic heterocycles. The summed E-state index contributed by atoms with van der Waals surface area (Å²) in [5.41, 5.74) is -0.232. The fraction of sp³-hybridized carbons (Fsp3) is 0.545. The molecule has 17 heavy (non-hydrogen) atoms. The number of hydrogen-bond acceptors (Lipinski definition) is 3. The molecule has 0 aliphatic carbocycles. The SMILES string of the molecule is CC(C)(C)N(CC(=O)O)Cc1cc(Br)c(Br)o1. The normalized spacial score (nSPS) is 12.1. The molecule has 0 amide bonds. The molecule has 96 valence electrons. The quantitative estimate of drug-likeness (QED) is 0.883. The number of halogens is 2. The van der Waals surface area contributed by atoms with Gasteiger partial charge in [0.25, 0.3) is 0 Å². The lowest BCUT2D eigenvalue weighted by atomic mass is 10.1. The van der Waals surface area contributed by atoms with Gasteiger partial charge < -0.3 is 9.52 Å². The van der Waals surface area contributed by atoms with Gasteiger partial charge in [0, 0.05) is 5.54 Å². The van der Waals surface area contributed by atoms with Gasteiger partial charge in [-0.3, -0.25) is 9.69 Å². The lowest BCUT2D eigenvalue weighted by Crippen LogP contribution is -2.43.